The van der Waals surface area contributed by atoms with E-state index < -0.39 is 30.5 Å². The molecule has 1 fully saturated rings. The maximum atomic E-state index is 12.8. The molecule has 3 unspecified atom stereocenters. The molecule has 2 amide bonds. The molecule has 36 heavy (non-hydrogen) atoms. The molecule has 5 N–H and O–H groups in total. The number of alkyl halides is 2. The largest absolute Gasteiger partial charge is 0.491 e. The number of rotatable bonds is 9. The number of aliphatic hydroxyl groups is 2. The Labute approximate surface area is 207 Å². The van der Waals surface area contributed by atoms with Gasteiger partial charge >= 0.3 is 0 Å². The molecule has 4 rings (SSSR count). The molecule has 11 nitrogen and oxygen atoms in total. The molecule has 0 radical (unpaired) electrons. The Morgan fingerprint density at radius 2 is 2.25 bits per heavy atom. The predicted molar refractivity (Wildman–Crippen MR) is 127 cm³/mol. The minimum Gasteiger partial charge on any atom is -0.491 e. The third-order valence-corrected chi connectivity index (χ3v) is 5.83. The molecule has 1 saturated heterocycles. The van der Waals surface area contributed by atoms with E-state index in [1.807, 2.05) is 13.1 Å². The highest BCUT2D eigenvalue weighted by Crippen LogP contribution is 2.31. The summed E-state index contributed by atoms with van der Waals surface area (Å²) in [5, 5.41) is 25.4. The molecule has 1 aromatic heterocycles. The highest BCUT2D eigenvalue weighted by molar-refractivity contribution is 5.84. The fourth-order valence-electron chi connectivity index (χ4n) is 3.92. The van der Waals surface area contributed by atoms with Crippen molar-refractivity contribution in [3.63, 3.8) is 0 Å². The lowest BCUT2D eigenvalue weighted by Crippen LogP contribution is -2.53. The summed E-state index contributed by atoms with van der Waals surface area (Å²) in [6, 6.07) is 2.94. The van der Waals surface area contributed by atoms with Crippen LogP contribution < -0.4 is 20.7 Å². The summed E-state index contributed by atoms with van der Waals surface area (Å²) in [4.78, 5) is 30.4. The molecule has 13 heteroatoms. The van der Waals surface area contributed by atoms with Gasteiger partial charge in [-0.25, -0.2) is 13.8 Å². The smallest absolute Gasteiger partial charge is 0.262 e. The van der Waals surface area contributed by atoms with E-state index in [-0.39, 0.29) is 13.2 Å². The van der Waals surface area contributed by atoms with E-state index in [9.17, 15) is 18.4 Å². The summed E-state index contributed by atoms with van der Waals surface area (Å²) in [7, 11) is 2.00. The Kier molecular flexibility index (Phi) is 9.04. The van der Waals surface area contributed by atoms with Crippen LogP contribution in [0.5, 0.6) is 5.75 Å². The molecule has 0 spiro atoms. The summed E-state index contributed by atoms with van der Waals surface area (Å²) in [6.07, 6.45) is 5.80. The summed E-state index contributed by atoms with van der Waals surface area (Å²) >= 11 is 0. The van der Waals surface area contributed by atoms with Gasteiger partial charge in [0.2, 0.25) is 12.3 Å². The number of aliphatic hydroxyl groups excluding tert-OH is 2. The fraction of sp³-hybridized carbons (Fsp3) is 0.522. The number of fused-ring (bicyclic) bond motifs is 3. The number of hydrogen-bond acceptors (Lipinski definition) is 9. The monoisotopic (exact) mass is 510 g/mol. The number of allylic oxidation sites excluding steroid dienone is 1. The van der Waals surface area contributed by atoms with Crippen LogP contribution in [0, 0.1) is 0 Å². The van der Waals surface area contributed by atoms with Crippen molar-refractivity contribution in [3.05, 3.63) is 42.0 Å². The maximum absolute atomic E-state index is 12.8. The molecule has 198 valence electrons. The number of aromatic nitrogens is 1. The van der Waals surface area contributed by atoms with E-state index in [1.54, 1.807) is 12.1 Å². The van der Waals surface area contributed by atoms with Crippen LogP contribution in [0.1, 0.15) is 13.3 Å². The molecule has 0 saturated carbocycles. The highest BCUT2D eigenvalue weighted by atomic mass is 19.3. The van der Waals surface area contributed by atoms with Gasteiger partial charge in [0.1, 0.15) is 36.1 Å². The van der Waals surface area contributed by atoms with Crippen molar-refractivity contribution in [3.8, 4) is 5.75 Å². The van der Waals surface area contributed by atoms with Crippen LogP contribution in [0.3, 0.4) is 0 Å². The van der Waals surface area contributed by atoms with Gasteiger partial charge in [0.25, 0.3) is 5.92 Å². The number of dihydropyridines is 1. The standard InChI is InChI=1S/C14H20F2N4O.C9H12N2O4/c1-14(15,16)8-17-13(21)10-3-4-11-12(18-10)19(2)9-5-6-20(11)7-9;12-4-7(14)5-15-8-1-2-10-9(3-8)11-6-13/h3-4,9-10,18H,5-8H2,1-2H3,(H,17,21);1-3,6-7,12,14H,4-5H2,(H,10,11,13). The van der Waals surface area contributed by atoms with Crippen molar-refractivity contribution < 1.29 is 33.3 Å². The Morgan fingerprint density at radius 3 is 2.94 bits per heavy atom. The van der Waals surface area contributed by atoms with Gasteiger partial charge in [-0.15, -0.1) is 0 Å². The van der Waals surface area contributed by atoms with E-state index in [1.165, 1.54) is 12.3 Å². The van der Waals surface area contributed by atoms with Crippen molar-refractivity contribution in [1.82, 2.24) is 25.4 Å². The molecule has 4 heterocycles. The zero-order valence-corrected chi connectivity index (χ0v) is 20.2. The number of hydrogen-bond donors (Lipinski definition) is 5. The Morgan fingerprint density at radius 1 is 1.47 bits per heavy atom. The average molecular weight is 511 g/mol. The van der Waals surface area contributed by atoms with Crippen LogP contribution in [-0.2, 0) is 9.59 Å². The Hall–Kier alpha value is -3.45. The van der Waals surface area contributed by atoms with E-state index in [4.69, 9.17) is 14.9 Å². The number of likely N-dealkylation sites (N-methyl/N-ethyl adjacent to an activating group) is 1. The van der Waals surface area contributed by atoms with Crippen LogP contribution in [0.4, 0.5) is 14.6 Å². The first-order valence-corrected chi connectivity index (χ1v) is 11.5. The van der Waals surface area contributed by atoms with Gasteiger partial charge in [-0.1, -0.05) is 6.08 Å². The van der Waals surface area contributed by atoms with Gasteiger partial charge < -0.3 is 40.7 Å². The van der Waals surface area contributed by atoms with Gasteiger partial charge in [-0.3, -0.25) is 9.59 Å². The van der Waals surface area contributed by atoms with Gasteiger partial charge in [-0.05, 0) is 18.6 Å². The van der Waals surface area contributed by atoms with Gasteiger partial charge in [0, 0.05) is 45.4 Å². The number of anilines is 1. The number of nitrogens with zero attached hydrogens (tertiary/aromatic N) is 3. The van der Waals surface area contributed by atoms with Crippen LogP contribution in [-0.4, -0.2) is 101 Å². The molecular weight excluding hydrogens is 478 g/mol. The van der Waals surface area contributed by atoms with Crippen LogP contribution in [0.15, 0.2) is 42.0 Å². The second kappa shape index (κ2) is 12.0. The Balaban J connectivity index is 0.000000214. The first-order valence-electron chi connectivity index (χ1n) is 11.5. The predicted octanol–water partition coefficient (Wildman–Crippen LogP) is -0.143. The number of pyridine rings is 1. The lowest BCUT2D eigenvalue weighted by atomic mass is 10.1. The zero-order chi connectivity index (χ0) is 26.3. The number of carbonyl (C=O) groups is 2. The molecule has 0 aliphatic carbocycles. The van der Waals surface area contributed by atoms with E-state index in [0.29, 0.717) is 24.0 Å². The summed E-state index contributed by atoms with van der Waals surface area (Å²) in [6.45, 7) is 1.79. The first kappa shape index (κ1) is 27.1. The molecule has 2 bridgehead atoms. The summed E-state index contributed by atoms with van der Waals surface area (Å²) < 4.78 is 30.8. The fourth-order valence-corrected chi connectivity index (χ4v) is 3.92. The molecule has 3 atom stereocenters. The number of ether oxygens (including phenoxy) is 1. The molecule has 3 aliphatic heterocycles. The number of carbonyl (C=O) groups excluding carboxylic acids is 2. The van der Waals surface area contributed by atoms with Crippen LogP contribution in [0.2, 0.25) is 0 Å². The quantitative estimate of drug-likeness (QED) is 0.287. The van der Waals surface area contributed by atoms with Gasteiger partial charge in [0.15, 0.2) is 0 Å². The Bertz CT molecular complexity index is 986. The number of amides is 2. The van der Waals surface area contributed by atoms with Crippen molar-refractivity contribution in [1.29, 1.82) is 0 Å². The summed E-state index contributed by atoms with van der Waals surface area (Å²) in [5.74, 6) is -1.59. The molecule has 3 aliphatic rings. The minimum absolute atomic E-state index is 0.0129. The topological polar surface area (TPSA) is 139 Å². The van der Waals surface area contributed by atoms with Crippen molar-refractivity contribution in [2.24, 2.45) is 0 Å². The average Bonchev–Trinajstić information content (AvgIpc) is 3.31. The third-order valence-electron chi connectivity index (χ3n) is 5.83. The van der Waals surface area contributed by atoms with Gasteiger partial charge in [0.05, 0.1) is 18.8 Å². The maximum Gasteiger partial charge on any atom is 0.262 e. The lowest BCUT2D eigenvalue weighted by molar-refractivity contribution is -0.123. The first-order chi connectivity index (χ1) is 17.1. The van der Waals surface area contributed by atoms with Gasteiger partial charge in [-0.2, -0.15) is 0 Å². The molecule has 0 aromatic carbocycles. The second-order valence-electron chi connectivity index (χ2n) is 8.79. The second-order valence-corrected chi connectivity index (χ2v) is 8.79. The molecule has 1 aromatic rings. The molecular formula is C23H32F2N6O5. The highest BCUT2D eigenvalue weighted by Gasteiger charge is 2.38. The van der Waals surface area contributed by atoms with Crippen molar-refractivity contribution in [2.45, 2.75) is 37.5 Å². The zero-order valence-electron chi connectivity index (χ0n) is 20.2. The van der Waals surface area contributed by atoms with Crippen molar-refractivity contribution in [2.75, 3.05) is 45.2 Å². The number of halogens is 2. The van der Waals surface area contributed by atoms with Crippen LogP contribution >= 0.6 is 0 Å². The normalized spacial score (nSPS) is 21.1. The number of nitrogens with one attached hydrogen (secondary N) is 3. The lowest BCUT2D eigenvalue weighted by Gasteiger charge is -2.40. The van der Waals surface area contributed by atoms with Crippen molar-refractivity contribution >= 4 is 18.1 Å². The van der Waals surface area contributed by atoms with Crippen LogP contribution in [0.25, 0.3) is 0 Å². The SMILES string of the molecule is CN1C2=C(C=CC(C(=O)NCC(C)(F)F)N2)N2CCC1C2.O=CNc1cc(OCC(O)CO)ccn1. The minimum atomic E-state index is -2.90. The van der Waals surface area contributed by atoms with E-state index in [0.717, 1.165) is 38.0 Å². The van der Waals surface area contributed by atoms with E-state index >= 15 is 0 Å². The van der Waals surface area contributed by atoms with E-state index in [2.05, 4.69) is 30.7 Å². The third kappa shape index (κ3) is 7.28. The summed E-state index contributed by atoms with van der Waals surface area (Å²) in [5.41, 5.74) is 1.08.